The Morgan fingerprint density at radius 1 is 1.47 bits per heavy atom. The van der Waals surface area contributed by atoms with E-state index in [1.165, 1.54) is 5.57 Å². The lowest BCUT2D eigenvalue weighted by Gasteiger charge is -2.25. The van der Waals surface area contributed by atoms with Crippen molar-refractivity contribution in [2.75, 3.05) is 0 Å². The fraction of sp³-hybridized carbons (Fsp3) is 0.500. The van der Waals surface area contributed by atoms with Gasteiger partial charge in [0.15, 0.2) is 0 Å². The normalized spacial score (nSPS) is 19.9. The first-order valence-electron chi connectivity index (χ1n) is 5.97. The second kappa shape index (κ2) is 7.49. The van der Waals surface area contributed by atoms with Gasteiger partial charge >= 0.3 is 5.97 Å². The van der Waals surface area contributed by atoms with Crippen molar-refractivity contribution < 1.29 is 9.53 Å². The van der Waals surface area contributed by atoms with Crippen molar-refractivity contribution >= 4 is 21.9 Å². The molecule has 94 valence electrons. The molecule has 1 unspecified atom stereocenters. The zero-order valence-corrected chi connectivity index (χ0v) is 11.7. The average Bonchev–Trinajstić information content (AvgIpc) is 2.32. The van der Waals surface area contributed by atoms with Crippen LogP contribution in [0.3, 0.4) is 0 Å². The maximum Gasteiger partial charge on any atom is 0.306 e. The number of hydrogen-bond acceptors (Lipinski definition) is 2. The van der Waals surface area contributed by atoms with Gasteiger partial charge in [-0.05, 0) is 32.1 Å². The summed E-state index contributed by atoms with van der Waals surface area (Å²) in [5.74, 6) is -0.147. The predicted octanol–water partition coefficient (Wildman–Crippen LogP) is 4.27. The van der Waals surface area contributed by atoms with Crippen LogP contribution < -0.4 is 0 Å². The van der Waals surface area contributed by atoms with Gasteiger partial charge in [-0.1, -0.05) is 33.7 Å². The van der Waals surface area contributed by atoms with E-state index in [1.54, 1.807) is 6.08 Å². The SMILES string of the molecule is C=CCCC(=O)OC1CCCC(CC=C)=C1Br. The number of allylic oxidation sites excluding steroid dienone is 3. The molecule has 1 atom stereocenters. The molecule has 0 N–H and O–H groups in total. The first-order chi connectivity index (χ1) is 8.19. The van der Waals surface area contributed by atoms with Crippen LogP contribution >= 0.6 is 15.9 Å². The number of hydrogen-bond donors (Lipinski definition) is 0. The lowest BCUT2D eigenvalue weighted by Crippen LogP contribution is -2.22. The quantitative estimate of drug-likeness (QED) is 0.540. The molecule has 0 saturated carbocycles. The largest absolute Gasteiger partial charge is 0.457 e. The Labute approximate surface area is 112 Å². The van der Waals surface area contributed by atoms with E-state index in [4.69, 9.17) is 4.74 Å². The first kappa shape index (κ1) is 14.2. The third-order valence-electron chi connectivity index (χ3n) is 2.78. The second-order valence-electron chi connectivity index (χ2n) is 4.14. The van der Waals surface area contributed by atoms with Crippen LogP contribution in [-0.4, -0.2) is 12.1 Å². The molecule has 0 amide bonds. The van der Waals surface area contributed by atoms with Crippen molar-refractivity contribution in [3.05, 3.63) is 35.4 Å². The van der Waals surface area contributed by atoms with E-state index < -0.39 is 0 Å². The standard InChI is InChI=1S/C14H19BrO2/c1-3-5-10-13(16)17-12-9-6-8-11(7-4-2)14(12)15/h3-4,12H,1-2,5-10H2. The van der Waals surface area contributed by atoms with Crippen molar-refractivity contribution in [3.63, 3.8) is 0 Å². The van der Waals surface area contributed by atoms with Crippen LogP contribution in [0, 0.1) is 0 Å². The third-order valence-corrected chi connectivity index (χ3v) is 3.85. The molecule has 0 bridgehead atoms. The molecule has 2 nitrogen and oxygen atoms in total. The molecule has 0 fully saturated rings. The van der Waals surface area contributed by atoms with E-state index in [0.717, 1.165) is 30.2 Å². The van der Waals surface area contributed by atoms with Crippen LogP contribution in [0.15, 0.2) is 35.4 Å². The molecule has 0 saturated heterocycles. The van der Waals surface area contributed by atoms with E-state index in [1.807, 2.05) is 6.08 Å². The molecule has 0 aromatic carbocycles. The van der Waals surface area contributed by atoms with E-state index in [2.05, 4.69) is 29.1 Å². The summed E-state index contributed by atoms with van der Waals surface area (Å²) in [6.07, 6.45) is 8.50. The minimum atomic E-state index is -0.147. The summed E-state index contributed by atoms with van der Waals surface area (Å²) >= 11 is 3.55. The summed E-state index contributed by atoms with van der Waals surface area (Å²) in [4.78, 5) is 11.5. The first-order valence-corrected chi connectivity index (χ1v) is 6.77. The number of ether oxygens (including phenoxy) is 1. The van der Waals surface area contributed by atoms with Gasteiger partial charge in [0.05, 0.1) is 0 Å². The molecule has 0 aromatic heterocycles. The highest BCUT2D eigenvalue weighted by atomic mass is 79.9. The van der Waals surface area contributed by atoms with Crippen LogP contribution in [0.5, 0.6) is 0 Å². The van der Waals surface area contributed by atoms with Crippen molar-refractivity contribution in [1.82, 2.24) is 0 Å². The van der Waals surface area contributed by atoms with Gasteiger partial charge in [-0.25, -0.2) is 0 Å². The van der Waals surface area contributed by atoms with Gasteiger partial charge in [-0.15, -0.1) is 13.2 Å². The Bertz CT molecular complexity index is 331. The number of halogens is 1. The molecule has 1 rings (SSSR count). The lowest BCUT2D eigenvalue weighted by atomic mass is 9.95. The van der Waals surface area contributed by atoms with E-state index in [0.29, 0.717) is 12.8 Å². The summed E-state index contributed by atoms with van der Waals surface area (Å²) in [6.45, 7) is 7.34. The minimum Gasteiger partial charge on any atom is -0.457 e. The highest BCUT2D eigenvalue weighted by Crippen LogP contribution is 2.33. The fourth-order valence-electron chi connectivity index (χ4n) is 1.90. The van der Waals surface area contributed by atoms with E-state index in [-0.39, 0.29) is 12.1 Å². The van der Waals surface area contributed by atoms with Gasteiger partial charge in [-0.2, -0.15) is 0 Å². The lowest BCUT2D eigenvalue weighted by molar-refractivity contribution is -0.147. The molecule has 1 aliphatic carbocycles. The van der Waals surface area contributed by atoms with E-state index in [9.17, 15) is 4.79 Å². The third kappa shape index (κ3) is 4.50. The van der Waals surface area contributed by atoms with Gasteiger partial charge < -0.3 is 4.74 Å². The van der Waals surface area contributed by atoms with Crippen LogP contribution in [0.4, 0.5) is 0 Å². The highest BCUT2D eigenvalue weighted by Gasteiger charge is 2.23. The molecule has 1 aliphatic rings. The number of rotatable bonds is 6. The Morgan fingerprint density at radius 2 is 2.24 bits per heavy atom. The molecule has 17 heavy (non-hydrogen) atoms. The maximum atomic E-state index is 11.5. The summed E-state index contributed by atoms with van der Waals surface area (Å²) in [6, 6.07) is 0. The number of esters is 1. The molecule has 0 radical (unpaired) electrons. The molecule has 0 spiro atoms. The highest BCUT2D eigenvalue weighted by molar-refractivity contribution is 9.11. The minimum absolute atomic E-state index is 0.101. The van der Waals surface area contributed by atoms with Gasteiger partial charge in [0.25, 0.3) is 0 Å². The zero-order chi connectivity index (χ0) is 12.7. The van der Waals surface area contributed by atoms with Crippen LogP contribution in [-0.2, 0) is 9.53 Å². The van der Waals surface area contributed by atoms with E-state index >= 15 is 0 Å². The Balaban J connectivity index is 2.58. The Kier molecular flexibility index (Phi) is 6.27. The predicted molar refractivity (Wildman–Crippen MR) is 73.9 cm³/mol. The van der Waals surface area contributed by atoms with Gasteiger partial charge in [0, 0.05) is 10.9 Å². The maximum absolute atomic E-state index is 11.5. The molecule has 0 aromatic rings. The number of carbonyl (C=O) groups excluding carboxylic acids is 1. The second-order valence-corrected chi connectivity index (χ2v) is 5.00. The van der Waals surface area contributed by atoms with Crippen molar-refractivity contribution in [1.29, 1.82) is 0 Å². The van der Waals surface area contributed by atoms with Crippen LogP contribution in [0.1, 0.15) is 38.5 Å². The summed E-state index contributed by atoms with van der Waals surface area (Å²) in [5.41, 5.74) is 1.30. The summed E-state index contributed by atoms with van der Waals surface area (Å²) in [7, 11) is 0. The monoisotopic (exact) mass is 298 g/mol. The topological polar surface area (TPSA) is 26.3 Å². The van der Waals surface area contributed by atoms with Crippen molar-refractivity contribution in [3.8, 4) is 0 Å². The Morgan fingerprint density at radius 3 is 2.88 bits per heavy atom. The molecular weight excluding hydrogens is 280 g/mol. The summed E-state index contributed by atoms with van der Waals surface area (Å²) < 4.78 is 6.49. The molecule has 0 heterocycles. The zero-order valence-electron chi connectivity index (χ0n) is 10.1. The molecular formula is C14H19BrO2. The molecule has 0 aliphatic heterocycles. The smallest absolute Gasteiger partial charge is 0.306 e. The van der Waals surface area contributed by atoms with Gasteiger partial charge in [0.2, 0.25) is 0 Å². The summed E-state index contributed by atoms with van der Waals surface area (Å²) in [5, 5.41) is 0. The number of carbonyl (C=O) groups is 1. The fourth-order valence-corrected chi connectivity index (χ4v) is 2.58. The van der Waals surface area contributed by atoms with Gasteiger partial charge in [-0.3, -0.25) is 4.79 Å². The van der Waals surface area contributed by atoms with Gasteiger partial charge in [0.1, 0.15) is 6.10 Å². The van der Waals surface area contributed by atoms with Crippen LogP contribution in [0.2, 0.25) is 0 Å². The van der Waals surface area contributed by atoms with Crippen LogP contribution in [0.25, 0.3) is 0 Å². The van der Waals surface area contributed by atoms with Crippen molar-refractivity contribution in [2.45, 2.75) is 44.6 Å². The Hall–Kier alpha value is -0.830. The average molecular weight is 299 g/mol. The molecule has 3 heteroatoms. The van der Waals surface area contributed by atoms with Crippen molar-refractivity contribution in [2.24, 2.45) is 0 Å².